The van der Waals surface area contributed by atoms with E-state index in [9.17, 15) is 0 Å². The van der Waals surface area contributed by atoms with Crippen LogP contribution >= 0.6 is 11.3 Å². The van der Waals surface area contributed by atoms with E-state index in [2.05, 4.69) is 40.7 Å². The maximum atomic E-state index is 5.44. The molecule has 100 valence electrons. The van der Waals surface area contributed by atoms with Gasteiger partial charge in [0.2, 0.25) is 0 Å². The Bertz CT molecular complexity index is 733. The quantitative estimate of drug-likeness (QED) is 0.688. The van der Waals surface area contributed by atoms with Crippen LogP contribution < -0.4 is 4.74 Å². The maximum absolute atomic E-state index is 5.44. The zero-order valence-corrected chi connectivity index (χ0v) is 12.3. The Labute approximate surface area is 122 Å². The van der Waals surface area contributed by atoms with Crippen molar-refractivity contribution in [2.24, 2.45) is 0 Å². The SMILES string of the molecule is COc1ccccc1-c1cccc(-c2csc(C)n2)c1. The van der Waals surface area contributed by atoms with Gasteiger partial charge in [-0.1, -0.05) is 36.4 Å². The van der Waals surface area contributed by atoms with Gasteiger partial charge in [0.1, 0.15) is 5.75 Å². The van der Waals surface area contributed by atoms with E-state index in [-0.39, 0.29) is 0 Å². The smallest absolute Gasteiger partial charge is 0.126 e. The number of hydrogen-bond donors (Lipinski definition) is 0. The fraction of sp³-hybridized carbons (Fsp3) is 0.118. The van der Waals surface area contributed by atoms with Gasteiger partial charge in [-0.3, -0.25) is 0 Å². The third-order valence-electron chi connectivity index (χ3n) is 3.20. The van der Waals surface area contributed by atoms with Crippen molar-refractivity contribution in [3.63, 3.8) is 0 Å². The maximum Gasteiger partial charge on any atom is 0.126 e. The molecule has 1 heterocycles. The highest BCUT2D eigenvalue weighted by Gasteiger charge is 2.07. The average Bonchev–Trinajstić information content (AvgIpc) is 2.94. The second kappa shape index (κ2) is 5.47. The number of thiazole rings is 1. The van der Waals surface area contributed by atoms with Gasteiger partial charge >= 0.3 is 0 Å². The Morgan fingerprint density at radius 1 is 1.00 bits per heavy atom. The Morgan fingerprint density at radius 3 is 2.55 bits per heavy atom. The highest BCUT2D eigenvalue weighted by Crippen LogP contribution is 2.32. The standard InChI is InChI=1S/C17H15NOS/c1-12-18-16(11-20-12)14-7-5-6-13(10-14)15-8-3-4-9-17(15)19-2/h3-11H,1-2H3. The predicted molar refractivity (Wildman–Crippen MR) is 84.3 cm³/mol. The van der Waals surface area contributed by atoms with Crippen LogP contribution in [0.3, 0.4) is 0 Å². The fourth-order valence-electron chi connectivity index (χ4n) is 2.23. The summed E-state index contributed by atoms with van der Waals surface area (Å²) in [7, 11) is 1.70. The molecular formula is C17H15NOS. The first-order valence-electron chi connectivity index (χ1n) is 6.44. The molecule has 2 aromatic carbocycles. The zero-order chi connectivity index (χ0) is 13.9. The lowest BCUT2D eigenvalue weighted by Gasteiger charge is -2.09. The van der Waals surface area contributed by atoms with E-state index in [4.69, 9.17) is 4.74 Å². The summed E-state index contributed by atoms with van der Waals surface area (Å²) in [5.41, 5.74) is 4.41. The van der Waals surface area contributed by atoms with Crippen molar-refractivity contribution in [3.8, 4) is 28.1 Å². The van der Waals surface area contributed by atoms with Crippen LogP contribution in [0.5, 0.6) is 5.75 Å². The average molecular weight is 281 g/mol. The monoisotopic (exact) mass is 281 g/mol. The first-order valence-corrected chi connectivity index (χ1v) is 7.32. The molecule has 20 heavy (non-hydrogen) atoms. The Morgan fingerprint density at radius 2 is 1.80 bits per heavy atom. The predicted octanol–water partition coefficient (Wildman–Crippen LogP) is 4.79. The Balaban J connectivity index is 2.07. The van der Waals surface area contributed by atoms with Crippen LogP contribution in [0.1, 0.15) is 5.01 Å². The van der Waals surface area contributed by atoms with Crippen LogP contribution in [0.25, 0.3) is 22.4 Å². The molecule has 0 spiro atoms. The number of methoxy groups -OCH3 is 1. The van der Waals surface area contributed by atoms with Crippen molar-refractivity contribution < 1.29 is 4.74 Å². The third-order valence-corrected chi connectivity index (χ3v) is 3.97. The van der Waals surface area contributed by atoms with Crippen LogP contribution in [0.15, 0.2) is 53.9 Å². The lowest BCUT2D eigenvalue weighted by molar-refractivity contribution is 0.416. The number of nitrogens with zero attached hydrogens (tertiary/aromatic N) is 1. The minimum absolute atomic E-state index is 0.888. The second-order valence-corrected chi connectivity index (χ2v) is 5.60. The van der Waals surface area contributed by atoms with E-state index in [0.29, 0.717) is 0 Å². The third kappa shape index (κ3) is 2.45. The number of hydrogen-bond acceptors (Lipinski definition) is 3. The van der Waals surface area contributed by atoms with E-state index in [1.807, 2.05) is 25.1 Å². The molecule has 0 bridgehead atoms. The first-order chi connectivity index (χ1) is 9.78. The summed E-state index contributed by atoms with van der Waals surface area (Å²) in [6, 6.07) is 16.5. The minimum Gasteiger partial charge on any atom is -0.496 e. The van der Waals surface area contributed by atoms with Gasteiger partial charge in [0.15, 0.2) is 0 Å². The number of aromatic nitrogens is 1. The van der Waals surface area contributed by atoms with Gasteiger partial charge in [-0.05, 0) is 24.6 Å². The van der Waals surface area contributed by atoms with Crippen molar-refractivity contribution >= 4 is 11.3 Å². The molecule has 0 unspecified atom stereocenters. The summed E-state index contributed by atoms with van der Waals surface area (Å²) in [6.07, 6.45) is 0. The largest absolute Gasteiger partial charge is 0.496 e. The molecular weight excluding hydrogens is 266 g/mol. The van der Waals surface area contributed by atoms with Crippen molar-refractivity contribution in [2.75, 3.05) is 7.11 Å². The zero-order valence-electron chi connectivity index (χ0n) is 11.5. The van der Waals surface area contributed by atoms with Gasteiger partial charge in [-0.2, -0.15) is 0 Å². The van der Waals surface area contributed by atoms with Gasteiger partial charge in [0.25, 0.3) is 0 Å². The lowest BCUT2D eigenvalue weighted by Crippen LogP contribution is -1.88. The van der Waals surface area contributed by atoms with Gasteiger partial charge in [-0.25, -0.2) is 4.98 Å². The molecule has 1 aromatic heterocycles. The van der Waals surface area contributed by atoms with E-state index < -0.39 is 0 Å². The summed E-state index contributed by atoms with van der Waals surface area (Å²) < 4.78 is 5.44. The molecule has 0 aliphatic heterocycles. The van der Waals surface area contributed by atoms with Gasteiger partial charge in [-0.15, -0.1) is 11.3 Å². The molecule has 0 saturated heterocycles. The van der Waals surface area contributed by atoms with Crippen LogP contribution in [-0.2, 0) is 0 Å². The summed E-state index contributed by atoms with van der Waals surface area (Å²) in [4.78, 5) is 4.55. The molecule has 0 saturated carbocycles. The van der Waals surface area contributed by atoms with Crippen molar-refractivity contribution in [2.45, 2.75) is 6.92 Å². The summed E-state index contributed by atoms with van der Waals surface area (Å²) in [6.45, 7) is 2.03. The number of aryl methyl sites for hydroxylation is 1. The summed E-state index contributed by atoms with van der Waals surface area (Å²) in [5, 5.41) is 3.18. The molecule has 2 nitrogen and oxygen atoms in total. The number of ether oxygens (including phenoxy) is 1. The fourth-order valence-corrected chi connectivity index (χ4v) is 2.85. The topological polar surface area (TPSA) is 22.1 Å². The molecule has 0 radical (unpaired) electrons. The van der Waals surface area contributed by atoms with E-state index >= 15 is 0 Å². The number of rotatable bonds is 3. The van der Waals surface area contributed by atoms with E-state index in [1.165, 1.54) is 0 Å². The summed E-state index contributed by atoms with van der Waals surface area (Å²) >= 11 is 1.67. The molecule has 0 atom stereocenters. The normalized spacial score (nSPS) is 10.5. The van der Waals surface area contributed by atoms with Crippen LogP contribution in [0, 0.1) is 6.92 Å². The van der Waals surface area contributed by atoms with Crippen molar-refractivity contribution in [1.29, 1.82) is 0 Å². The number of para-hydroxylation sites is 1. The Hall–Kier alpha value is -2.13. The van der Waals surface area contributed by atoms with Gasteiger partial charge < -0.3 is 4.74 Å². The second-order valence-electron chi connectivity index (χ2n) is 4.53. The van der Waals surface area contributed by atoms with Crippen molar-refractivity contribution in [1.82, 2.24) is 4.98 Å². The molecule has 0 N–H and O–H groups in total. The molecule has 0 amide bonds. The molecule has 3 rings (SSSR count). The first kappa shape index (κ1) is 12.9. The molecule has 0 aliphatic carbocycles. The van der Waals surface area contributed by atoms with Gasteiger partial charge in [0, 0.05) is 16.5 Å². The van der Waals surface area contributed by atoms with Crippen LogP contribution in [-0.4, -0.2) is 12.1 Å². The van der Waals surface area contributed by atoms with Crippen LogP contribution in [0.2, 0.25) is 0 Å². The molecule has 0 aliphatic rings. The molecule has 3 aromatic rings. The Kier molecular flexibility index (Phi) is 3.52. The highest BCUT2D eigenvalue weighted by molar-refractivity contribution is 7.09. The minimum atomic E-state index is 0.888. The molecule has 3 heteroatoms. The van der Waals surface area contributed by atoms with Gasteiger partial charge in [0.05, 0.1) is 17.8 Å². The molecule has 0 fully saturated rings. The van der Waals surface area contributed by atoms with E-state index in [0.717, 1.165) is 33.1 Å². The lowest BCUT2D eigenvalue weighted by atomic mass is 10.0. The number of benzene rings is 2. The van der Waals surface area contributed by atoms with E-state index in [1.54, 1.807) is 18.4 Å². The van der Waals surface area contributed by atoms with Crippen LogP contribution in [0.4, 0.5) is 0 Å². The summed E-state index contributed by atoms with van der Waals surface area (Å²) in [5.74, 6) is 0.888. The van der Waals surface area contributed by atoms with Crippen molar-refractivity contribution in [3.05, 3.63) is 58.9 Å². The highest BCUT2D eigenvalue weighted by atomic mass is 32.1.